The quantitative estimate of drug-likeness (QED) is 0.769. The van der Waals surface area contributed by atoms with Gasteiger partial charge >= 0.3 is 0 Å². The molecule has 1 aromatic carbocycles. The molecule has 0 aromatic heterocycles. The summed E-state index contributed by atoms with van der Waals surface area (Å²) in [6, 6.07) is 7.07. The van der Waals surface area contributed by atoms with Crippen LogP contribution < -0.4 is 0 Å². The molecular formula is C16H21NO3. The van der Waals surface area contributed by atoms with Crippen LogP contribution in [0.3, 0.4) is 0 Å². The topological polar surface area (TPSA) is 60.8 Å². The van der Waals surface area contributed by atoms with E-state index in [1.54, 1.807) is 29.2 Å². The van der Waals surface area contributed by atoms with Crippen LogP contribution in [0, 0.1) is 11.8 Å². The lowest BCUT2D eigenvalue weighted by Gasteiger charge is -2.22. The van der Waals surface area contributed by atoms with Crippen LogP contribution >= 0.6 is 0 Å². The summed E-state index contributed by atoms with van der Waals surface area (Å²) < 4.78 is 0. The van der Waals surface area contributed by atoms with Crippen molar-refractivity contribution in [3.05, 3.63) is 35.4 Å². The SMILES string of the molecule is CCCCN(CCO)C(=O)c1ccccc1C#CCO. The first kappa shape index (κ1) is 16.2. The van der Waals surface area contributed by atoms with Gasteiger partial charge in [0.05, 0.1) is 12.2 Å². The van der Waals surface area contributed by atoms with Gasteiger partial charge in [0.2, 0.25) is 0 Å². The molecule has 4 heteroatoms. The van der Waals surface area contributed by atoms with Gasteiger partial charge in [-0.05, 0) is 18.6 Å². The Morgan fingerprint density at radius 3 is 2.65 bits per heavy atom. The van der Waals surface area contributed by atoms with E-state index in [2.05, 4.69) is 18.8 Å². The van der Waals surface area contributed by atoms with E-state index in [0.29, 0.717) is 24.2 Å². The van der Waals surface area contributed by atoms with Crippen molar-refractivity contribution in [1.82, 2.24) is 4.90 Å². The van der Waals surface area contributed by atoms with Crippen LogP contribution in [-0.4, -0.2) is 47.3 Å². The van der Waals surface area contributed by atoms with Crippen LogP contribution in [0.25, 0.3) is 0 Å². The molecule has 0 aliphatic carbocycles. The molecule has 1 aromatic rings. The number of carbonyl (C=O) groups is 1. The molecule has 0 spiro atoms. The third-order valence-corrected chi connectivity index (χ3v) is 2.90. The summed E-state index contributed by atoms with van der Waals surface area (Å²) in [6.45, 7) is 2.71. The van der Waals surface area contributed by atoms with Crippen LogP contribution in [0.5, 0.6) is 0 Å². The Morgan fingerprint density at radius 2 is 2.00 bits per heavy atom. The third-order valence-electron chi connectivity index (χ3n) is 2.90. The highest BCUT2D eigenvalue weighted by Crippen LogP contribution is 2.11. The second kappa shape index (κ2) is 9.13. The van der Waals surface area contributed by atoms with Gasteiger partial charge in [0.1, 0.15) is 6.61 Å². The Bertz CT molecular complexity index is 488. The predicted octanol–water partition coefficient (Wildman–Crippen LogP) is 1.27. The normalized spacial score (nSPS) is 9.75. The highest BCUT2D eigenvalue weighted by atomic mass is 16.3. The molecule has 0 saturated heterocycles. The van der Waals surface area contributed by atoms with E-state index in [4.69, 9.17) is 10.2 Å². The van der Waals surface area contributed by atoms with Gasteiger partial charge in [-0.15, -0.1) is 0 Å². The van der Waals surface area contributed by atoms with Crippen molar-refractivity contribution in [1.29, 1.82) is 0 Å². The van der Waals surface area contributed by atoms with Crippen LogP contribution in [-0.2, 0) is 0 Å². The molecule has 0 fully saturated rings. The number of hydrogen-bond donors (Lipinski definition) is 2. The van der Waals surface area contributed by atoms with Crippen LogP contribution in [0.2, 0.25) is 0 Å². The number of unbranched alkanes of at least 4 members (excludes halogenated alkanes) is 1. The summed E-state index contributed by atoms with van der Waals surface area (Å²) >= 11 is 0. The molecule has 2 N–H and O–H groups in total. The van der Waals surface area contributed by atoms with Gasteiger partial charge in [0.15, 0.2) is 0 Å². The molecule has 0 bridgehead atoms. The Hall–Kier alpha value is -1.83. The van der Waals surface area contributed by atoms with Crippen molar-refractivity contribution < 1.29 is 15.0 Å². The number of benzene rings is 1. The average molecular weight is 275 g/mol. The van der Waals surface area contributed by atoms with E-state index in [-0.39, 0.29) is 19.1 Å². The fraction of sp³-hybridized carbons (Fsp3) is 0.438. The fourth-order valence-electron chi connectivity index (χ4n) is 1.87. The summed E-state index contributed by atoms with van der Waals surface area (Å²) in [5, 5.41) is 17.9. The predicted molar refractivity (Wildman–Crippen MR) is 78.3 cm³/mol. The fourth-order valence-corrected chi connectivity index (χ4v) is 1.87. The lowest BCUT2D eigenvalue weighted by atomic mass is 10.1. The van der Waals surface area contributed by atoms with Crippen molar-refractivity contribution in [2.75, 3.05) is 26.3 Å². The Balaban J connectivity index is 2.98. The molecule has 4 nitrogen and oxygen atoms in total. The second-order valence-corrected chi connectivity index (χ2v) is 4.37. The zero-order valence-corrected chi connectivity index (χ0v) is 11.8. The maximum Gasteiger partial charge on any atom is 0.255 e. The molecule has 0 radical (unpaired) electrons. The Labute approximate surface area is 120 Å². The first-order chi connectivity index (χ1) is 9.74. The van der Waals surface area contributed by atoms with E-state index in [0.717, 1.165) is 12.8 Å². The minimum Gasteiger partial charge on any atom is -0.395 e. The van der Waals surface area contributed by atoms with Crippen LogP contribution in [0.1, 0.15) is 35.7 Å². The number of amides is 1. The lowest BCUT2D eigenvalue weighted by molar-refractivity contribution is 0.0719. The van der Waals surface area contributed by atoms with Gasteiger partial charge in [-0.25, -0.2) is 0 Å². The smallest absolute Gasteiger partial charge is 0.255 e. The van der Waals surface area contributed by atoms with E-state index in [1.165, 1.54) is 0 Å². The van der Waals surface area contributed by atoms with Gasteiger partial charge in [-0.1, -0.05) is 37.3 Å². The van der Waals surface area contributed by atoms with Crippen LogP contribution in [0.4, 0.5) is 0 Å². The van der Waals surface area contributed by atoms with Crippen LogP contribution in [0.15, 0.2) is 24.3 Å². The molecule has 0 unspecified atom stereocenters. The lowest BCUT2D eigenvalue weighted by Crippen LogP contribution is -2.34. The van der Waals surface area contributed by atoms with E-state index >= 15 is 0 Å². The van der Waals surface area contributed by atoms with Crippen molar-refractivity contribution >= 4 is 5.91 Å². The average Bonchev–Trinajstić information content (AvgIpc) is 2.49. The molecule has 20 heavy (non-hydrogen) atoms. The molecule has 0 aliphatic rings. The number of nitrogens with zero attached hydrogens (tertiary/aromatic N) is 1. The van der Waals surface area contributed by atoms with Crippen molar-refractivity contribution in [3.8, 4) is 11.8 Å². The Kier molecular flexibility index (Phi) is 7.41. The van der Waals surface area contributed by atoms with E-state index < -0.39 is 0 Å². The number of aliphatic hydroxyl groups excluding tert-OH is 2. The highest BCUT2D eigenvalue weighted by Gasteiger charge is 2.17. The van der Waals surface area contributed by atoms with Gasteiger partial charge in [-0.3, -0.25) is 4.79 Å². The summed E-state index contributed by atoms with van der Waals surface area (Å²) in [5.41, 5.74) is 1.11. The molecule has 1 rings (SSSR count). The zero-order valence-electron chi connectivity index (χ0n) is 11.8. The number of rotatable bonds is 6. The molecule has 108 valence electrons. The minimum absolute atomic E-state index is 0.0556. The van der Waals surface area contributed by atoms with E-state index in [9.17, 15) is 4.79 Å². The number of aliphatic hydroxyl groups is 2. The largest absolute Gasteiger partial charge is 0.395 e. The summed E-state index contributed by atoms with van der Waals surface area (Å²) in [5.74, 6) is 5.22. The highest BCUT2D eigenvalue weighted by molar-refractivity contribution is 5.96. The molecule has 0 aliphatic heterocycles. The molecule has 1 amide bonds. The van der Waals surface area contributed by atoms with Crippen molar-refractivity contribution in [2.45, 2.75) is 19.8 Å². The van der Waals surface area contributed by atoms with Gasteiger partial charge in [0, 0.05) is 18.7 Å². The van der Waals surface area contributed by atoms with Crippen molar-refractivity contribution in [3.63, 3.8) is 0 Å². The van der Waals surface area contributed by atoms with Crippen molar-refractivity contribution in [2.24, 2.45) is 0 Å². The first-order valence-corrected chi connectivity index (χ1v) is 6.83. The van der Waals surface area contributed by atoms with Gasteiger partial charge in [0.25, 0.3) is 5.91 Å². The van der Waals surface area contributed by atoms with Gasteiger partial charge in [-0.2, -0.15) is 0 Å². The number of carbonyl (C=O) groups excluding carboxylic acids is 1. The second-order valence-electron chi connectivity index (χ2n) is 4.37. The molecule has 0 atom stereocenters. The summed E-state index contributed by atoms with van der Waals surface area (Å²) in [6.07, 6.45) is 1.89. The van der Waals surface area contributed by atoms with Gasteiger partial charge < -0.3 is 15.1 Å². The maximum absolute atomic E-state index is 12.5. The summed E-state index contributed by atoms with van der Waals surface area (Å²) in [4.78, 5) is 14.2. The zero-order chi connectivity index (χ0) is 14.8. The standard InChI is InChI=1S/C16H21NO3/c1-2-3-10-17(11-13-19)16(20)15-9-5-4-7-14(15)8-6-12-18/h4-5,7,9,18-19H,2-3,10-13H2,1H3. The Morgan fingerprint density at radius 1 is 1.25 bits per heavy atom. The monoisotopic (exact) mass is 275 g/mol. The minimum atomic E-state index is -0.237. The third kappa shape index (κ3) is 4.69. The summed E-state index contributed by atoms with van der Waals surface area (Å²) in [7, 11) is 0. The first-order valence-electron chi connectivity index (χ1n) is 6.83. The molecule has 0 saturated carbocycles. The molecular weight excluding hydrogens is 254 g/mol. The maximum atomic E-state index is 12.5. The van der Waals surface area contributed by atoms with E-state index in [1.807, 2.05) is 0 Å². The number of hydrogen-bond acceptors (Lipinski definition) is 3. The molecule has 0 heterocycles.